The lowest BCUT2D eigenvalue weighted by Crippen LogP contribution is -2.37. The van der Waals surface area contributed by atoms with Gasteiger partial charge in [-0.15, -0.1) is 0 Å². The van der Waals surface area contributed by atoms with Gasteiger partial charge < -0.3 is 28.7 Å². The molecule has 29 heavy (non-hydrogen) atoms. The zero-order valence-electron chi connectivity index (χ0n) is 16.0. The minimum absolute atomic E-state index is 0.243. The van der Waals surface area contributed by atoms with Crippen LogP contribution in [0.4, 0.5) is 0 Å². The number of aromatic nitrogens is 2. The molecular weight excluding hydrogens is 429 g/mol. The van der Waals surface area contributed by atoms with E-state index < -0.39 is 48.4 Å². The highest BCUT2D eigenvalue weighted by molar-refractivity contribution is 8.09. The molecule has 4 N–H and O–H groups in total. The molecule has 1 aromatic rings. The number of aromatic amines is 1. The Kier molecular flexibility index (Phi) is 8.26. The van der Waals surface area contributed by atoms with E-state index >= 15 is 0 Å². The highest BCUT2D eigenvalue weighted by Gasteiger charge is 2.45. The summed E-state index contributed by atoms with van der Waals surface area (Å²) in [5.41, 5.74) is -1.41. The van der Waals surface area contributed by atoms with Crippen LogP contribution < -0.4 is 16.3 Å². The van der Waals surface area contributed by atoms with E-state index in [9.17, 15) is 24.6 Å². The second-order valence-electron chi connectivity index (χ2n) is 6.42. The molecule has 12 nitrogen and oxygen atoms in total. The average molecular weight is 453 g/mol. The molecule has 14 heteroatoms. The second kappa shape index (κ2) is 10.0. The van der Waals surface area contributed by atoms with Crippen LogP contribution in [-0.4, -0.2) is 70.4 Å². The number of hydrogen-bond acceptors (Lipinski definition) is 10. The maximum absolute atomic E-state index is 11.9. The molecule has 0 radical (unpaired) electrons. The van der Waals surface area contributed by atoms with Crippen LogP contribution in [0.25, 0.3) is 0 Å². The van der Waals surface area contributed by atoms with Gasteiger partial charge in [-0.2, -0.15) is 0 Å². The van der Waals surface area contributed by atoms with E-state index in [2.05, 4.69) is 9.82 Å². The molecular formula is C15H24N3O9PS. The Hall–Kier alpha value is -1.44. The molecule has 164 valence electrons. The van der Waals surface area contributed by atoms with Gasteiger partial charge in [-0.05, 0) is 25.7 Å². The third-order valence-electron chi connectivity index (χ3n) is 3.87. The molecule has 1 unspecified atom stereocenters. The lowest BCUT2D eigenvalue weighted by molar-refractivity contribution is -0.139. The van der Waals surface area contributed by atoms with Crippen LogP contribution in [-0.2, 0) is 35.1 Å². The van der Waals surface area contributed by atoms with Crippen molar-refractivity contribution in [3.8, 4) is 0 Å². The summed E-state index contributed by atoms with van der Waals surface area (Å²) >= 11 is 5.36. The number of carbonyl (C=O) groups excluding carboxylic acids is 1. The number of ether oxygens (including phenoxy) is 2. The smallest absolute Gasteiger partial charge is 0.330 e. The number of aliphatic hydroxyl groups is 2. The monoisotopic (exact) mass is 453 g/mol. The molecule has 1 aliphatic heterocycles. The van der Waals surface area contributed by atoms with Gasteiger partial charge in [0.25, 0.3) is 12.2 Å². The summed E-state index contributed by atoms with van der Waals surface area (Å²) in [6, 6.07) is 1.08. The predicted molar refractivity (Wildman–Crippen MR) is 104 cm³/mol. The van der Waals surface area contributed by atoms with E-state index in [1.165, 1.54) is 7.11 Å². The number of esters is 1. The number of rotatable bonds is 9. The van der Waals surface area contributed by atoms with Gasteiger partial charge in [-0.25, -0.2) is 9.88 Å². The van der Waals surface area contributed by atoms with Gasteiger partial charge in [0, 0.05) is 12.3 Å². The van der Waals surface area contributed by atoms with E-state index in [0.29, 0.717) is 0 Å². The molecule has 5 atom stereocenters. The zero-order chi connectivity index (χ0) is 21.8. The van der Waals surface area contributed by atoms with Gasteiger partial charge in [-0.1, -0.05) is 0 Å². The SMILES string of the molecule is COC(=O)CNP(=S)(OC[C@H]1O[C@@H](n2ccc(=O)[nH]c2=O)[C@H](O)[C@@H]1O)OC(C)C. The average Bonchev–Trinajstić information content (AvgIpc) is 2.92. The number of aliphatic hydroxyl groups excluding tert-OH is 2. The van der Waals surface area contributed by atoms with Crippen LogP contribution in [0.1, 0.15) is 20.1 Å². The van der Waals surface area contributed by atoms with Crippen molar-refractivity contribution in [3.05, 3.63) is 33.1 Å². The summed E-state index contributed by atoms with van der Waals surface area (Å²) in [4.78, 5) is 36.5. The topological polar surface area (TPSA) is 161 Å². The third kappa shape index (κ3) is 6.27. The maximum atomic E-state index is 11.9. The Morgan fingerprint density at radius 1 is 1.41 bits per heavy atom. The number of H-pyrrole nitrogens is 1. The predicted octanol–water partition coefficient (Wildman–Crippen LogP) is -1.42. The fraction of sp³-hybridized carbons (Fsp3) is 0.667. The standard InChI is InChI=1S/C15H24N3O9PS/c1-8(2)27-28(29,16-6-11(20)24-3)25-7-9-12(21)13(22)14(26-9)18-5-4-10(19)17-15(18)23/h4-5,8-9,12-14,21-22H,6-7H2,1-3H3,(H,16,29)(H,17,19,23)/t9-,12-,13-,14-,28?/m1/s1. The molecule has 1 saturated heterocycles. The highest BCUT2D eigenvalue weighted by Crippen LogP contribution is 2.46. The van der Waals surface area contributed by atoms with E-state index in [-0.39, 0.29) is 19.3 Å². The summed E-state index contributed by atoms with van der Waals surface area (Å²) < 4.78 is 22.3. The Morgan fingerprint density at radius 2 is 2.10 bits per heavy atom. The molecule has 0 amide bonds. The summed E-state index contributed by atoms with van der Waals surface area (Å²) in [5, 5.41) is 23.2. The first-order valence-corrected chi connectivity index (χ1v) is 11.3. The molecule has 1 aromatic heterocycles. The largest absolute Gasteiger partial charge is 0.468 e. The molecule has 0 spiro atoms. The molecule has 1 aliphatic rings. The fourth-order valence-electron chi connectivity index (χ4n) is 2.52. The Balaban J connectivity index is 2.09. The van der Waals surface area contributed by atoms with E-state index in [0.717, 1.165) is 16.8 Å². The van der Waals surface area contributed by atoms with Gasteiger partial charge in [0.15, 0.2) is 6.23 Å². The zero-order valence-corrected chi connectivity index (χ0v) is 17.7. The number of nitrogens with one attached hydrogen (secondary N) is 2. The number of methoxy groups -OCH3 is 1. The van der Waals surface area contributed by atoms with Crippen LogP contribution in [0.2, 0.25) is 0 Å². The van der Waals surface area contributed by atoms with Crippen LogP contribution in [0, 0.1) is 0 Å². The summed E-state index contributed by atoms with van der Waals surface area (Å²) in [6.07, 6.45) is -4.32. The highest BCUT2D eigenvalue weighted by atomic mass is 32.5. The minimum atomic E-state index is -3.16. The number of carbonyl (C=O) groups is 1. The number of hydrogen-bond donors (Lipinski definition) is 4. The van der Waals surface area contributed by atoms with Gasteiger partial charge >= 0.3 is 11.7 Å². The van der Waals surface area contributed by atoms with Crippen LogP contribution in [0.3, 0.4) is 0 Å². The van der Waals surface area contributed by atoms with Crippen molar-refractivity contribution < 1.29 is 33.5 Å². The first-order chi connectivity index (χ1) is 13.6. The van der Waals surface area contributed by atoms with Crippen molar-refractivity contribution in [1.29, 1.82) is 0 Å². The van der Waals surface area contributed by atoms with Crippen molar-refractivity contribution >= 4 is 24.4 Å². The molecule has 1 fully saturated rings. The van der Waals surface area contributed by atoms with E-state index in [4.69, 9.17) is 25.6 Å². The van der Waals surface area contributed by atoms with Crippen molar-refractivity contribution in [2.24, 2.45) is 0 Å². The second-order valence-corrected chi connectivity index (χ2v) is 9.64. The number of nitrogens with zero attached hydrogens (tertiary/aromatic N) is 1. The Labute approximate surface area is 171 Å². The van der Waals surface area contributed by atoms with Crippen LogP contribution >= 0.6 is 6.64 Å². The van der Waals surface area contributed by atoms with Crippen molar-refractivity contribution in [1.82, 2.24) is 14.6 Å². The molecule has 0 aliphatic carbocycles. The third-order valence-corrected chi connectivity index (χ3v) is 6.56. The fourth-order valence-corrected chi connectivity index (χ4v) is 4.86. The van der Waals surface area contributed by atoms with Crippen LogP contribution in [0.15, 0.2) is 21.9 Å². The first-order valence-electron chi connectivity index (χ1n) is 8.64. The molecule has 2 heterocycles. The van der Waals surface area contributed by atoms with E-state index in [1.807, 2.05) is 4.98 Å². The Bertz CT molecular complexity index is 873. The minimum Gasteiger partial charge on any atom is -0.468 e. The van der Waals surface area contributed by atoms with Crippen LogP contribution in [0.5, 0.6) is 0 Å². The van der Waals surface area contributed by atoms with Crippen molar-refractivity contribution in [2.45, 2.75) is 44.5 Å². The lowest BCUT2D eigenvalue weighted by atomic mass is 10.1. The summed E-state index contributed by atoms with van der Waals surface area (Å²) in [5.74, 6) is -0.569. The molecule has 0 saturated carbocycles. The molecule has 0 aromatic carbocycles. The van der Waals surface area contributed by atoms with Gasteiger partial charge in [0.05, 0.1) is 19.8 Å². The molecule has 0 bridgehead atoms. The summed E-state index contributed by atoms with van der Waals surface area (Å²) in [7, 11) is 1.22. The normalized spacial score (nSPS) is 26.4. The lowest BCUT2D eigenvalue weighted by Gasteiger charge is -2.26. The Morgan fingerprint density at radius 3 is 2.69 bits per heavy atom. The van der Waals surface area contributed by atoms with Gasteiger partial charge in [-0.3, -0.25) is 19.1 Å². The van der Waals surface area contributed by atoms with Crippen molar-refractivity contribution in [2.75, 3.05) is 20.3 Å². The van der Waals surface area contributed by atoms with Gasteiger partial charge in [0.2, 0.25) is 0 Å². The summed E-state index contributed by atoms with van der Waals surface area (Å²) in [6.45, 7) is -0.226. The maximum Gasteiger partial charge on any atom is 0.330 e. The quantitative estimate of drug-likeness (QED) is 0.257. The van der Waals surface area contributed by atoms with E-state index in [1.54, 1.807) is 13.8 Å². The van der Waals surface area contributed by atoms with Crippen molar-refractivity contribution in [3.63, 3.8) is 0 Å². The van der Waals surface area contributed by atoms with Gasteiger partial charge in [0.1, 0.15) is 24.9 Å². The first kappa shape index (κ1) is 23.8. The molecule has 2 rings (SSSR count).